The topological polar surface area (TPSA) is 77.7 Å². The van der Waals surface area contributed by atoms with Gasteiger partial charge in [0.1, 0.15) is 0 Å². The van der Waals surface area contributed by atoms with Gasteiger partial charge in [0.2, 0.25) is 11.8 Å². The molecule has 22 heavy (non-hydrogen) atoms. The Bertz CT molecular complexity index is 504. The van der Waals surface area contributed by atoms with Crippen LogP contribution in [0, 0.1) is 6.92 Å². The van der Waals surface area contributed by atoms with E-state index in [9.17, 15) is 4.79 Å². The van der Waals surface area contributed by atoms with Crippen molar-refractivity contribution in [3.8, 4) is 0 Å². The molecule has 1 atom stereocenters. The Morgan fingerprint density at radius 3 is 2.91 bits per heavy atom. The lowest BCUT2D eigenvalue weighted by Crippen LogP contribution is -2.50. The van der Waals surface area contributed by atoms with Crippen LogP contribution in [0.3, 0.4) is 0 Å². The second-order valence-corrected chi connectivity index (χ2v) is 6.47. The van der Waals surface area contributed by atoms with Gasteiger partial charge in [-0.1, -0.05) is 5.16 Å². The van der Waals surface area contributed by atoms with Crippen LogP contribution in [0.25, 0.3) is 0 Å². The van der Waals surface area contributed by atoms with Gasteiger partial charge in [0.25, 0.3) is 0 Å². The number of aryl methyl sites for hydroxylation is 1. The van der Waals surface area contributed by atoms with Gasteiger partial charge in [0, 0.05) is 13.5 Å². The van der Waals surface area contributed by atoms with E-state index in [4.69, 9.17) is 14.0 Å². The molecule has 3 rings (SSSR count). The van der Waals surface area contributed by atoms with E-state index in [0.29, 0.717) is 36.4 Å². The van der Waals surface area contributed by atoms with E-state index in [1.165, 1.54) is 11.8 Å². The van der Waals surface area contributed by atoms with Gasteiger partial charge in [-0.2, -0.15) is 4.98 Å². The summed E-state index contributed by atoms with van der Waals surface area (Å²) in [6, 6.07) is 0.0526. The fourth-order valence-corrected chi connectivity index (χ4v) is 3.60. The number of carbonyl (C=O) groups is 1. The van der Waals surface area contributed by atoms with Gasteiger partial charge in [-0.25, -0.2) is 0 Å². The highest BCUT2D eigenvalue weighted by Crippen LogP contribution is 2.25. The lowest BCUT2D eigenvalue weighted by atomic mass is 10.0. The highest BCUT2D eigenvalue weighted by molar-refractivity contribution is 7.99. The van der Waals surface area contributed by atoms with E-state index in [0.717, 1.165) is 25.8 Å². The minimum absolute atomic E-state index is 0.0526. The van der Waals surface area contributed by atoms with Crippen LogP contribution in [0.2, 0.25) is 0 Å². The Labute approximate surface area is 133 Å². The average molecular weight is 327 g/mol. The van der Waals surface area contributed by atoms with Crippen molar-refractivity contribution in [1.82, 2.24) is 15.0 Å². The zero-order chi connectivity index (χ0) is 15.4. The third-order valence-electron chi connectivity index (χ3n) is 3.86. The summed E-state index contributed by atoms with van der Waals surface area (Å²) in [5.74, 6) is 2.31. The van der Waals surface area contributed by atoms with Crippen LogP contribution in [0.5, 0.6) is 0 Å². The molecule has 0 N–H and O–H groups in total. The predicted molar refractivity (Wildman–Crippen MR) is 80.2 cm³/mol. The number of hydrogen-bond acceptors (Lipinski definition) is 7. The molecule has 1 aromatic heterocycles. The average Bonchev–Trinajstić information content (AvgIpc) is 3.19. The van der Waals surface area contributed by atoms with Gasteiger partial charge in [-0.15, -0.1) is 11.8 Å². The number of thioether (sulfide) groups is 1. The summed E-state index contributed by atoms with van der Waals surface area (Å²) in [7, 11) is 0. The molecular weight excluding hydrogens is 306 g/mol. The zero-order valence-electron chi connectivity index (χ0n) is 12.7. The number of nitrogens with zero attached hydrogens (tertiary/aromatic N) is 3. The summed E-state index contributed by atoms with van der Waals surface area (Å²) in [5, 5.41) is 3.83. The van der Waals surface area contributed by atoms with Gasteiger partial charge in [0.15, 0.2) is 12.1 Å². The molecule has 3 heterocycles. The number of hydrogen-bond donors (Lipinski definition) is 0. The summed E-state index contributed by atoms with van der Waals surface area (Å²) in [4.78, 5) is 18.5. The second kappa shape index (κ2) is 7.43. The smallest absolute Gasteiger partial charge is 0.233 e. The molecule has 7 nitrogen and oxygen atoms in total. The number of ether oxygens (including phenoxy) is 2. The molecule has 0 aromatic carbocycles. The summed E-state index contributed by atoms with van der Waals surface area (Å²) in [6.07, 6.45) is 2.86. The molecule has 1 unspecified atom stereocenters. The Kier molecular flexibility index (Phi) is 5.32. The first kappa shape index (κ1) is 15.8. The van der Waals surface area contributed by atoms with Crippen LogP contribution in [0.4, 0.5) is 0 Å². The zero-order valence-corrected chi connectivity index (χ0v) is 13.5. The number of likely N-dealkylation sites (tertiary alicyclic amines) is 1. The van der Waals surface area contributed by atoms with Crippen LogP contribution < -0.4 is 0 Å². The fraction of sp³-hybridized carbons (Fsp3) is 0.786. The highest BCUT2D eigenvalue weighted by Gasteiger charge is 2.35. The van der Waals surface area contributed by atoms with Gasteiger partial charge in [0.05, 0.1) is 30.8 Å². The fourth-order valence-electron chi connectivity index (χ4n) is 2.86. The first-order valence-electron chi connectivity index (χ1n) is 7.63. The quantitative estimate of drug-likeness (QED) is 0.808. The molecule has 0 aliphatic carbocycles. The molecule has 1 aromatic rings. The molecular formula is C14H21N3O4S. The van der Waals surface area contributed by atoms with Gasteiger partial charge in [-0.3, -0.25) is 4.79 Å². The summed E-state index contributed by atoms with van der Waals surface area (Å²) >= 11 is 1.51. The van der Waals surface area contributed by atoms with Crippen molar-refractivity contribution in [1.29, 1.82) is 0 Å². The van der Waals surface area contributed by atoms with E-state index in [2.05, 4.69) is 10.1 Å². The van der Waals surface area contributed by atoms with Crippen molar-refractivity contribution in [2.24, 2.45) is 0 Å². The molecule has 2 saturated heterocycles. The molecule has 0 radical (unpaired) electrons. The van der Waals surface area contributed by atoms with E-state index >= 15 is 0 Å². The number of aromatic nitrogens is 2. The van der Waals surface area contributed by atoms with Crippen LogP contribution in [-0.4, -0.2) is 58.8 Å². The van der Waals surface area contributed by atoms with E-state index in [-0.39, 0.29) is 18.2 Å². The minimum atomic E-state index is -0.255. The van der Waals surface area contributed by atoms with Gasteiger partial charge >= 0.3 is 0 Å². The molecule has 0 spiro atoms. The van der Waals surface area contributed by atoms with Crippen LogP contribution in [0.1, 0.15) is 31.0 Å². The third kappa shape index (κ3) is 3.80. The second-order valence-electron chi connectivity index (χ2n) is 5.48. The van der Waals surface area contributed by atoms with Gasteiger partial charge < -0.3 is 18.9 Å². The first-order chi connectivity index (χ1) is 10.7. The number of rotatable bonds is 5. The first-order valence-corrected chi connectivity index (χ1v) is 8.79. The monoisotopic (exact) mass is 327 g/mol. The van der Waals surface area contributed by atoms with Crippen LogP contribution in [0.15, 0.2) is 4.52 Å². The molecule has 2 aliphatic rings. The van der Waals surface area contributed by atoms with Crippen molar-refractivity contribution in [3.05, 3.63) is 11.7 Å². The van der Waals surface area contributed by atoms with Crippen LogP contribution >= 0.6 is 11.8 Å². The molecule has 2 fully saturated rings. The van der Waals surface area contributed by atoms with Crippen molar-refractivity contribution < 1.29 is 18.8 Å². The normalized spacial score (nSPS) is 23.1. The summed E-state index contributed by atoms with van der Waals surface area (Å²) < 4.78 is 16.1. The summed E-state index contributed by atoms with van der Waals surface area (Å²) in [5.41, 5.74) is 0. The largest absolute Gasteiger partial charge is 0.348 e. The number of piperidine rings is 1. The Morgan fingerprint density at radius 1 is 1.36 bits per heavy atom. The van der Waals surface area contributed by atoms with Gasteiger partial charge in [-0.05, 0) is 19.3 Å². The maximum Gasteiger partial charge on any atom is 0.233 e. The number of amides is 1. The SMILES string of the molecule is Cc1nc(CSCC(=O)N2CCCCC2C2OCCO2)no1. The van der Waals surface area contributed by atoms with E-state index in [1.807, 2.05) is 4.90 Å². The molecule has 1 amide bonds. The van der Waals surface area contributed by atoms with Crippen molar-refractivity contribution >= 4 is 17.7 Å². The summed E-state index contributed by atoms with van der Waals surface area (Å²) in [6.45, 7) is 3.78. The molecule has 2 aliphatic heterocycles. The minimum Gasteiger partial charge on any atom is -0.348 e. The van der Waals surface area contributed by atoms with E-state index < -0.39 is 0 Å². The lowest BCUT2D eigenvalue weighted by molar-refractivity contribution is -0.148. The lowest BCUT2D eigenvalue weighted by Gasteiger charge is -2.38. The van der Waals surface area contributed by atoms with Crippen molar-refractivity contribution in [2.45, 2.75) is 44.3 Å². The highest BCUT2D eigenvalue weighted by atomic mass is 32.2. The molecule has 8 heteroatoms. The Morgan fingerprint density at radius 2 is 2.18 bits per heavy atom. The molecule has 0 saturated carbocycles. The molecule has 122 valence electrons. The van der Waals surface area contributed by atoms with Crippen molar-refractivity contribution in [2.75, 3.05) is 25.5 Å². The van der Waals surface area contributed by atoms with Crippen LogP contribution in [-0.2, 0) is 20.0 Å². The van der Waals surface area contributed by atoms with E-state index in [1.54, 1.807) is 6.92 Å². The third-order valence-corrected chi connectivity index (χ3v) is 4.77. The number of carbonyl (C=O) groups excluding carboxylic acids is 1. The maximum absolute atomic E-state index is 12.5. The molecule has 0 bridgehead atoms. The van der Waals surface area contributed by atoms with Crippen molar-refractivity contribution in [3.63, 3.8) is 0 Å². The maximum atomic E-state index is 12.5. The standard InChI is InChI=1S/C14H21N3O4S/c1-10-15-12(16-21-10)8-22-9-13(18)17-5-3-2-4-11(17)14-19-6-7-20-14/h11,14H,2-9H2,1H3. The Balaban J connectivity index is 1.50. The Hall–Kier alpha value is -1.12. The predicted octanol–water partition coefficient (Wildman–Crippen LogP) is 1.37.